The zero-order valence-electron chi connectivity index (χ0n) is 17.1. The number of esters is 1. The van der Waals surface area contributed by atoms with Gasteiger partial charge in [0.2, 0.25) is 11.7 Å². The number of hydrogen-bond acceptors (Lipinski definition) is 6. The van der Waals surface area contributed by atoms with Crippen molar-refractivity contribution in [3.05, 3.63) is 63.6 Å². The lowest BCUT2D eigenvalue weighted by Gasteiger charge is -2.29. The average Bonchev–Trinajstić information content (AvgIpc) is 2.75. The van der Waals surface area contributed by atoms with Crippen molar-refractivity contribution in [1.82, 2.24) is 4.90 Å². The molecule has 2 aromatic carbocycles. The summed E-state index contributed by atoms with van der Waals surface area (Å²) in [4.78, 5) is 50.1. The van der Waals surface area contributed by atoms with Crippen LogP contribution < -0.4 is 5.32 Å². The van der Waals surface area contributed by atoms with Gasteiger partial charge in [0.05, 0.1) is 23.6 Å². The number of nitrogens with one attached hydrogen (secondary N) is 1. The fraction of sp³-hybridized carbons (Fsp3) is 0.273. The Kier molecular flexibility index (Phi) is 7.84. The number of rotatable bonds is 7. The van der Waals surface area contributed by atoms with Crippen LogP contribution in [-0.2, 0) is 19.1 Å². The first-order chi connectivity index (χ1) is 15.2. The van der Waals surface area contributed by atoms with Crippen molar-refractivity contribution in [3.8, 4) is 0 Å². The number of carbonyl (C=O) groups excluding carboxylic acids is 4. The van der Waals surface area contributed by atoms with Gasteiger partial charge >= 0.3 is 5.97 Å². The molecule has 1 saturated heterocycles. The van der Waals surface area contributed by atoms with Crippen molar-refractivity contribution < 1.29 is 28.7 Å². The van der Waals surface area contributed by atoms with Crippen LogP contribution in [0.1, 0.15) is 27.1 Å². The van der Waals surface area contributed by atoms with Crippen LogP contribution in [0.4, 0.5) is 5.69 Å². The molecule has 3 rings (SSSR count). The third kappa shape index (κ3) is 6.06. The molecule has 2 aromatic rings. The molecule has 0 aliphatic carbocycles. The Morgan fingerprint density at radius 3 is 2.56 bits per heavy atom. The van der Waals surface area contributed by atoms with Crippen LogP contribution in [0.25, 0.3) is 0 Å². The van der Waals surface area contributed by atoms with E-state index in [2.05, 4.69) is 5.32 Å². The summed E-state index contributed by atoms with van der Waals surface area (Å²) >= 11 is 11.8. The van der Waals surface area contributed by atoms with E-state index in [4.69, 9.17) is 32.7 Å². The molecular formula is C22H20Cl2N2O6. The van der Waals surface area contributed by atoms with Gasteiger partial charge in [0.15, 0.2) is 6.61 Å². The number of amides is 2. The molecule has 1 aliphatic heterocycles. The van der Waals surface area contributed by atoms with E-state index in [0.29, 0.717) is 23.9 Å². The Hall–Kier alpha value is -2.94. The maximum atomic E-state index is 12.2. The van der Waals surface area contributed by atoms with Gasteiger partial charge < -0.3 is 19.7 Å². The van der Waals surface area contributed by atoms with Crippen LogP contribution in [0.3, 0.4) is 0 Å². The van der Waals surface area contributed by atoms with Crippen molar-refractivity contribution in [2.75, 3.05) is 32.1 Å². The molecule has 1 aliphatic rings. The second kappa shape index (κ2) is 10.6. The summed E-state index contributed by atoms with van der Waals surface area (Å²) < 4.78 is 10.4. The smallest absolute Gasteiger partial charge is 0.338 e. The van der Waals surface area contributed by atoms with Crippen LogP contribution in [0.2, 0.25) is 10.0 Å². The Balaban J connectivity index is 1.51. The molecule has 2 amide bonds. The molecule has 0 radical (unpaired) electrons. The Morgan fingerprint density at radius 1 is 1.16 bits per heavy atom. The van der Waals surface area contributed by atoms with Crippen molar-refractivity contribution in [2.45, 2.75) is 12.5 Å². The van der Waals surface area contributed by atoms with E-state index in [1.165, 1.54) is 47.4 Å². The van der Waals surface area contributed by atoms with E-state index in [0.717, 1.165) is 0 Å². The van der Waals surface area contributed by atoms with E-state index >= 15 is 0 Å². The van der Waals surface area contributed by atoms with Crippen molar-refractivity contribution >= 4 is 52.5 Å². The summed E-state index contributed by atoms with van der Waals surface area (Å²) in [6, 6.07) is 10.3. The summed E-state index contributed by atoms with van der Waals surface area (Å²) in [7, 11) is 1.66. The fourth-order valence-corrected chi connectivity index (χ4v) is 3.50. The van der Waals surface area contributed by atoms with Gasteiger partial charge in [0.1, 0.15) is 6.10 Å². The molecule has 168 valence electrons. The highest BCUT2D eigenvalue weighted by atomic mass is 35.5. The highest BCUT2D eigenvalue weighted by molar-refractivity contribution is 6.36. The number of carbonyl (C=O) groups is 4. The average molecular weight is 479 g/mol. The molecule has 1 unspecified atom stereocenters. The number of ketones is 1. The van der Waals surface area contributed by atoms with Gasteiger partial charge in [-0.15, -0.1) is 0 Å². The Labute approximate surface area is 194 Å². The lowest BCUT2D eigenvalue weighted by atomic mass is 10.1. The minimum atomic E-state index is -0.810. The lowest BCUT2D eigenvalue weighted by molar-refractivity contribution is -0.153. The van der Waals surface area contributed by atoms with Gasteiger partial charge in [-0.2, -0.15) is 0 Å². The third-order valence-corrected chi connectivity index (χ3v) is 5.29. The molecule has 0 saturated carbocycles. The summed E-state index contributed by atoms with van der Waals surface area (Å²) in [6.45, 7) is 0.388. The van der Waals surface area contributed by atoms with Crippen LogP contribution in [0, 0.1) is 0 Å². The van der Waals surface area contributed by atoms with Crippen LogP contribution in [0.15, 0.2) is 42.5 Å². The Morgan fingerprint density at radius 2 is 1.88 bits per heavy atom. The maximum Gasteiger partial charge on any atom is 0.338 e. The van der Waals surface area contributed by atoms with Gasteiger partial charge in [-0.1, -0.05) is 23.2 Å². The minimum Gasteiger partial charge on any atom is -0.454 e. The molecule has 0 bridgehead atoms. The highest BCUT2D eigenvalue weighted by Gasteiger charge is 2.29. The number of hydrogen-bond donors (Lipinski definition) is 1. The number of benzene rings is 2. The quantitative estimate of drug-likeness (QED) is 0.484. The second-order valence-electron chi connectivity index (χ2n) is 7.07. The van der Waals surface area contributed by atoms with Crippen LogP contribution in [-0.4, -0.2) is 61.4 Å². The molecular weight excluding hydrogens is 459 g/mol. The normalized spacial score (nSPS) is 15.9. The predicted molar refractivity (Wildman–Crippen MR) is 118 cm³/mol. The van der Waals surface area contributed by atoms with Gasteiger partial charge in [-0.3, -0.25) is 14.4 Å². The minimum absolute atomic E-state index is 0.109. The fourth-order valence-electron chi connectivity index (χ4n) is 2.98. The number of nitrogens with zero attached hydrogens (tertiary/aromatic N) is 1. The molecule has 0 aromatic heterocycles. The number of likely N-dealkylation sites (N-methyl/N-ethyl adjacent to an activating group) is 1. The van der Waals surface area contributed by atoms with Gasteiger partial charge in [-0.25, -0.2) is 4.79 Å². The molecule has 0 spiro atoms. The molecule has 32 heavy (non-hydrogen) atoms. The molecule has 8 nitrogen and oxygen atoms in total. The topological polar surface area (TPSA) is 102 Å². The first-order valence-electron chi connectivity index (χ1n) is 9.66. The Bertz CT molecular complexity index is 1040. The summed E-state index contributed by atoms with van der Waals surface area (Å²) in [5.41, 5.74) is 0.839. The number of ether oxygens (including phenoxy) is 2. The zero-order valence-corrected chi connectivity index (χ0v) is 18.6. The largest absolute Gasteiger partial charge is 0.454 e. The van der Waals surface area contributed by atoms with Gasteiger partial charge in [0.25, 0.3) is 5.91 Å². The molecule has 1 atom stereocenters. The summed E-state index contributed by atoms with van der Waals surface area (Å²) in [6.07, 6.45) is -0.919. The standard InChI is InChI=1S/C22H20Cl2N2O6/c1-26-8-9-31-19(21(26)29)11-20(28)25-15-5-2-13(3-6-15)22(30)32-12-18(27)16-7-4-14(23)10-17(16)24/h2-7,10,19H,8-9,11-12H2,1H3,(H,25,28). The SMILES string of the molecule is CN1CCOC(CC(=O)Nc2ccc(C(=O)OCC(=O)c3ccc(Cl)cc3Cl)cc2)C1=O. The van der Waals surface area contributed by atoms with Crippen molar-refractivity contribution in [1.29, 1.82) is 0 Å². The van der Waals surface area contributed by atoms with Gasteiger partial charge in [0, 0.05) is 29.9 Å². The second-order valence-corrected chi connectivity index (χ2v) is 7.92. The predicted octanol–water partition coefficient (Wildman–Crippen LogP) is 3.22. The summed E-state index contributed by atoms with van der Waals surface area (Å²) in [5.74, 6) is -1.79. The highest BCUT2D eigenvalue weighted by Crippen LogP contribution is 2.21. The molecule has 1 N–H and O–H groups in total. The van der Waals surface area contributed by atoms with Crippen molar-refractivity contribution in [3.63, 3.8) is 0 Å². The van der Waals surface area contributed by atoms with Crippen LogP contribution in [0.5, 0.6) is 0 Å². The number of anilines is 1. The first kappa shape index (κ1) is 23.7. The first-order valence-corrected chi connectivity index (χ1v) is 10.4. The maximum absolute atomic E-state index is 12.2. The van der Waals surface area contributed by atoms with E-state index in [9.17, 15) is 19.2 Å². The number of halogens is 2. The van der Waals surface area contributed by atoms with E-state index in [-0.39, 0.29) is 34.4 Å². The third-order valence-electron chi connectivity index (χ3n) is 4.74. The van der Waals surface area contributed by atoms with E-state index in [1.54, 1.807) is 7.05 Å². The lowest BCUT2D eigenvalue weighted by Crippen LogP contribution is -2.46. The number of morpholine rings is 1. The van der Waals surface area contributed by atoms with Crippen molar-refractivity contribution in [2.24, 2.45) is 0 Å². The number of Topliss-reactive ketones (excluding diaryl/α,β-unsaturated/α-hetero) is 1. The molecule has 1 heterocycles. The van der Waals surface area contributed by atoms with Crippen LogP contribution >= 0.6 is 23.2 Å². The molecule has 10 heteroatoms. The van der Waals surface area contributed by atoms with Gasteiger partial charge in [-0.05, 0) is 42.5 Å². The van der Waals surface area contributed by atoms with E-state index in [1.807, 2.05) is 0 Å². The molecule has 1 fully saturated rings. The summed E-state index contributed by atoms with van der Waals surface area (Å²) in [5, 5.41) is 3.21. The zero-order chi connectivity index (χ0) is 23.3. The van der Waals surface area contributed by atoms with E-state index < -0.39 is 24.5 Å². The monoisotopic (exact) mass is 478 g/mol.